The van der Waals surface area contributed by atoms with E-state index in [-0.39, 0.29) is 18.3 Å². The van der Waals surface area contributed by atoms with Crippen LogP contribution in [0.25, 0.3) is 0 Å². The summed E-state index contributed by atoms with van der Waals surface area (Å²) in [7, 11) is 0. The Labute approximate surface area is 79.0 Å². The van der Waals surface area contributed by atoms with Crippen LogP contribution in [-0.2, 0) is 4.79 Å². The maximum Gasteiger partial charge on any atom is 0.184 e. The minimum atomic E-state index is -0.132. The minimum absolute atomic E-state index is 0.00454. The second-order valence-corrected chi connectivity index (χ2v) is 3.82. The van der Waals surface area contributed by atoms with Gasteiger partial charge in [-0.25, -0.2) is 0 Å². The molecule has 0 radical (unpaired) electrons. The summed E-state index contributed by atoms with van der Waals surface area (Å²) >= 11 is 0. The van der Waals surface area contributed by atoms with Gasteiger partial charge < -0.3 is 5.11 Å². The molecule has 1 aliphatic rings. The van der Waals surface area contributed by atoms with Gasteiger partial charge in [-0.3, -0.25) is 4.79 Å². The van der Waals surface area contributed by atoms with Crippen molar-refractivity contribution < 1.29 is 9.90 Å². The van der Waals surface area contributed by atoms with Crippen LogP contribution in [0.2, 0.25) is 0 Å². The van der Waals surface area contributed by atoms with Crippen molar-refractivity contribution in [3.05, 3.63) is 23.3 Å². The number of aliphatic hydroxyl groups is 1. The first-order chi connectivity index (χ1) is 6.00. The number of Topliss-reactive ketones (excluding diaryl/α,β-unsaturated/α-hetero) is 1. The predicted molar refractivity (Wildman–Crippen MR) is 52.3 cm³/mol. The molecular formula is C11H16O2. The number of carbonyl (C=O) groups excluding carboxylic acids is 1. The van der Waals surface area contributed by atoms with Gasteiger partial charge in [-0.2, -0.15) is 0 Å². The van der Waals surface area contributed by atoms with Crippen LogP contribution in [-0.4, -0.2) is 17.5 Å². The number of hydrogen-bond acceptors (Lipinski definition) is 2. The lowest BCUT2D eigenvalue weighted by Crippen LogP contribution is -2.12. The third-order valence-electron chi connectivity index (χ3n) is 2.67. The van der Waals surface area contributed by atoms with Gasteiger partial charge in [0.05, 0.1) is 6.61 Å². The highest BCUT2D eigenvalue weighted by molar-refractivity contribution is 6.11. The quantitative estimate of drug-likeness (QED) is 0.657. The molecule has 13 heavy (non-hydrogen) atoms. The lowest BCUT2D eigenvalue weighted by atomic mass is 9.90. The number of allylic oxidation sites excluding steroid dienone is 1. The van der Waals surface area contributed by atoms with E-state index in [1.165, 1.54) is 0 Å². The van der Waals surface area contributed by atoms with Crippen molar-refractivity contribution in [3.8, 4) is 0 Å². The Bertz CT molecular complexity index is 284. The largest absolute Gasteiger partial charge is 0.395 e. The van der Waals surface area contributed by atoms with E-state index in [4.69, 9.17) is 5.11 Å². The van der Waals surface area contributed by atoms with E-state index in [9.17, 15) is 4.79 Å². The Morgan fingerprint density at radius 3 is 2.38 bits per heavy atom. The molecule has 1 rings (SSSR count). The molecule has 0 aliphatic heterocycles. The molecule has 1 unspecified atom stereocenters. The zero-order valence-corrected chi connectivity index (χ0v) is 8.42. The maximum absolute atomic E-state index is 11.5. The molecule has 72 valence electrons. The first-order valence-electron chi connectivity index (χ1n) is 4.55. The molecule has 1 aliphatic carbocycles. The van der Waals surface area contributed by atoms with E-state index < -0.39 is 0 Å². The zero-order valence-electron chi connectivity index (χ0n) is 8.42. The third-order valence-corrected chi connectivity index (χ3v) is 2.67. The first kappa shape index (κ1) is 10.2. The molecule has 1 atom stereocenters. The van der Waals surface area contributed by atoms with Crippen molar-refractivity contribution in [2.75, 3.05) is 6.61 Å². The molecule has 2 nitrogen and oxygen atoms in total. The second-order valence-electron chi connectivity index (χ2n) is 3.82. The van der Waals surface area contributed by atoms with Crippen LogP contribution in [0.1, 0.15) is 20.8 Å². The Hall–Kier alpha value is -0.890. The van der Waals surface area contributed by atoms with Crippen LogP contribution >= 0.6 is 0 Å². The number of hydrogen-bond donors (Lipinski definition) is 1. The van der Waals surface area contributed by atoms with Gasteiger partial charge in [-0.05, 0) is 18.4 Å². The molecule has 0 fully saturated rings. The van der Waals surface area contributed by atoms with Crippen LogP contribution in [0.3, 0.4) is 0 Å². The van der Waals surface area contributed by atoms with Crippen LogP contribution in [0, 0.1) is 11.8 Å². The van der Waals surface area contributed by atoms with Crippen molar-refractivity contribution >= 4 is 5.78 Å². The highest BCUT2D eigenvalue weighted by Gasteiger charge is 2.33. The Kier molecular flexibility index (Phi) is 2.71. The van der Waals surface area contributed by atoms with Gasteiger partial charge in [-0.15, -0.1) is 0 Å². The molecule has 0 bridgehead atoms. The highest BCUT2D eigenvalue weighted by Crippen LogP contribution is 2.36. The summed E-state index contributed by atoms with van der Waals surface area (Å²) in [4.78, 5) is 11.5. The number of carbonyl (C=O) groups is 1. The molecule has 0 saturated carbocycles. The number of aliphatic hydroxyl groups excluding tert-OH is 1. The molecule has 2 heteroatoms. The third kappa shape index (κ3) is 1.46. The molecule has 0 spiro atoms. The Morgan fingerprint density at radius 1 is 1.54 bits per heavy atom. The van der Waals surface area contributed by atoms with Crippen molar-refractivity contribution in [1.82, 2.24) is 0 Å². The number of ketones is 1. The van der Waals surface area contributed by atoms with Crippen LogP contribution in [0.5, 0.6) is 0 Å². The van der Waals surface area contributed by atoms with E-state index in [0.717, 1.165) is 11.1 Å². The van der Waals surface area contributed by atoms with Gasteiger partial charge in [0.2, 0.25) is 0 Å². The fraction of sp³-hybridized carbons (Fsp3) is 0.545. The molecule has 0 aromatic heterocycles. The second kappa shape index (κ2) is 3.46. The van der Waals surface area contributed by atoms with Gasteiger partial charge in [0.15, 0.2) is 5.78 Å². The summed E-state index contributed by atoms with van der Waals surface area (Å²) in [6.45, 7) is 9.60. The molecule has 0 aromatic carbocycles. The zero-order chi connectivity index (χ0) is 10.2. The summed E-state index contributed by atoms with van der Waals surface area (Å²) in [5, 5.41) is 9.14. The molecule has 0 aromatic rings. The highest BCUT2D eigenvalue weighted by atomic mass is 16.3. The van der Waals surface area contributed by atoms with Gasteiger partial charge in [0.1, 0.15) is 0 Å². The topological polar surface area (TPSA) is 37.3 Å². The van der Waals surface area contributed by atoms with E-state index in [2.05, 4.69) is 6.58 Å². The normalized spacial score (nSPS) is 23.6. The lowest BCUT2D eigenvalue weighted by Gasteiger charge is -2.15. The smallest absolute Gasteiger partial charge is 0.184 e. The maximum atomic E-state index is 11.5. The number of rotatable bonds is 2. The molecule has 0 amide bonds. The average Bonchev–Trinajstić information content (AvgIpc) is 2.29. The van der Waals surface area contributed by atoms with Gasteiger partial charge in [0.25, 0.3) is 0 Å². The minimum Gasteiger partial charge on any atom is -0.395 e. The summed E-state index contributed by atoms with van der Waals surface area (Å²) in [6, 6.07) is 0. The monoisotopic (exact) mass is 180 g/mol. The van der Waals surface area contributed by atoms with Crippen molar-refractivity contribution in [2.45, 2.75) is 20.8 Å². The van der Waals surface area contributed by atoms with Crippen molar-refractivity contribution in [2.24, 2.45) is 11.8 Å². The van der Waals surface area contributed by atoms with E-state index in [1.54, 1.807) is 0 Å². The average molecular weight is 180 g/mol. The summed E-state index contributed by atoms with van der Waals surface area (Å²) < 4.78 is 0. The lowest BCUT2D eigenvalue weighted by molar-refractivity contribution is -0.112. The van der Waals surface area contributed by atoms with Crippen LogP contribution in [0.15, 0.2) is 23.3 Å². The summed E-state index contributed by atoms with van der Waals surface area (Å²) in [5.74, 6) is 0.190. The van der Waals surface area contributed by atoms with E-state index >= 15 is 0 Å². The van der Waals surface area contributed by atoms with E-state index in [0.29, 0.717) is 11.5 Å². The molecular weight excluding hydrogens is 164 g/mol. The first-order valence-corrected chi connectivity index (χ1v) is 4.55. The summed E-state index contributed by atoms with van der Waals surface area (Å²) in [5.41, 5.74) is 2.38. The van der Waals surface area contributed by atoms with E-state index in [1.807, 2.05) is 20.8 Å². The van der Waals surface area contributed by atoms with Crippen LogP contribution < -0.4 is 0 Å². The van der Waals surface area contributed by atoms with Crippen LogP contribution in [0.4, 0.5) is 0 Å². The van der Waals surface area contributed by atoms with Crippen molar-refractivity contribution in [3.63, 3.8) is 0 Å². The SMILES string of the molecule is C=C1C(=O)C(C)=C(C(C)C)C1CO. The van der Waals surface area contributed by atoms with Gasteiger partial charge >= 0.3 is 0 Å². The summed E-state index contributed by atoms with van der Waals surface area (Å²) in [6.07, 6.45) is 0. The molecule has 0 heterocycles. The van der Waals surface area contributed by atoms with Gasteiger partial charge in [0, 0.05) is 11.5 Å². The predicted octanol–water partition coefficient (Wildman–Crippen LogP) is 1.71. The standard InChI is InChI=1S/C11H16O2/c1-6(2)10-8(4)11(13)7(3)9(10)5-12/h6,9,12H,3,5H2,1-2,4H3. The molecule has 0 saturated heterocycles. The van der Waals surface area contributed by atoms with Crippen molar-refractivity contribution in [1.29, 1.82) is 0 Å². The Balaban J connectivity index is 3.13. The fourth-order valence-corrected chi connectivity index (χ4v) is 2.02. The van der Waals surface area contributed by atoms with Gasteiger partial charge in [-0.1, -0.05) is 26.0 Å². The fourth-order valence-electron chi connectivity index (χ4n) is 2.02. The molecule has 1 N–H and O–H groups in total. The Morgan fingerprint density at radius 2 is 2.08 bits per heavy atom.